The minimum Gasteiger partial charge on any atom is -0.387 e. The first-order chi connectivity index (χ1) is 8.50. The summed E-state index contributed by atoms with van der Waals surface area (Å²) >= 11 is 0. The fourth-order valence-corrected chi connectivity index (χ4v) is 1.99. The van der Waals surface area contributed by atoms with Crippen molar-refractivity contribution in [2.24, 2.45) is 0 Å². The van der Waals surface area contributed by atoms with Gasteiger partial charge in [0.25, 0.3) is 0 Å². The number of hydrogen-bond donors (Lipinski definition) is 2. The van der Waals surface area contributed by atoms with Crippen molar-refractivity contribution in [1.82, 2.24) is 5.32 Å². The standard InChI is InChI=1S/C13H17F2NO2/c1-13(4-5-18-8-13)16-7-12(17)9-2-3-10(14)11(15)6-9/h2-3,6,12,16-17H,4-5,7-8H2,1H3. The zero-order chi connectivity index (χ0) is 13.2. The number of benzene rings is 1. The van der Waals surface area contributed by atoms with Crippen molar-refractivity contribution >= 4 is 0 Å². The monoisotopic (exact) mass is 257 g/mol. The number of nitrogens with one attached hydrogen (secondary N) is 1. The van der Waals surface area contributed by atoms with Crippen LogP contribution in [0.5, 0.6) is 0 Å². The predicted octanol–water partition coefficient (Wildman–Crippen LogP) is 1.77. The topological polar surface area (TPSA) is 41.5 Å². The van der Waals surface area contributed by atoms with E-state index in [1.54, 1.807) is 0 Å². The molecule has 5 heteroatoms. The molecular weight excluding hydrogens is 240 g/mol. The Labute approximate surface area is 105 Å². The normalized spacial score (nSPS) is 25.3. The summed E-state index contributed by atoms with van der Waals surface area (Å²) in [5.41, 5.74) is 0.212. The van der Waals surface area contributed by atoms with Crippen LogP contribution in [0.3, 0.4) is 0 Å². The van der Waals surface area contributed by atoms with Gasteiger partial charge < -0.3 is 15.2 Å². The molecule has 2 N–H and O–H groups in total. The number of aliphatic hydroxyl groups excluding tert-OH is 1. The van der Waals surface area contributed by atoms with Gasteiger partial charge in [0.15, 0.2) is 11.6 Å². The van der Waals surface area contributed by atoms with E-state index in [2.05, 4.69) is 5.32 Å². The van der Waals surface area contributed by atoms with Gasteiger partial charge in [0, 0.05) is 18.7 Å². The third kappa shape index (κ3) is 3.04. The number of halogens is 2. The Bertz CT molecular complexity index is 419. The number of ether oxygens (including phenoxy) is 1. The number of rotatable bonds is 4. The minimum atomic E-state index is -0.943. The van der Waals surface area contributed by atoms with Crippen LogP contribution in [0.25, 0.3) is 0 Å². The average Bonchev–Trinajstić information content (AvgIpc) is 2.77. The van der Waals surface area contributed by atoms with E-state index in [1.165, 1.54) is 6.07 Å². The van der Waals surface area contributed by atoms with Crippen molar-refractivity contribution < 1.29 is 18.6 Å². The van der Waals surface area contributed by atoms with Crippen molar-refractivity contribution in [3.63, 3.8) is 0 Å². The van der Waals surface area contributed by atoms with Gasteiger partial charge in [0.1, 0.15) is 0 Å². The molecule has 0 radical (unpaired) electrons. The van der Waals surface area contributed by atoms with Crippen LogP contribution in [-0.4, -0.2) is 30.4 Å². The van der Waals surface area contributed by atoms with Crippen LogP contribution in [0.4, 0.5) is 8.78 Å². The SMILES string of the molecule is CC1(NCC(O)c2ccc(F)c(F)c2)CCOC1. The number of hydrogen-bond acceptors (Lipinski definition) is 3. The summed E-state index contributed by atoms with van der Waals surface area (Å²) in [5.74, 6) is -1.85. The largest absolute Gasteiger partial charge is 0.387 e. The van der Waals surface area contributed by atoms with Crippen LogP contribution in [0.1, 0.15) is 25.0 Å². The molecule has 0 bridgehead atoms. The van der Waals surface area contributed by atoms with Gasteiger partial charge in [-0.2, -0.15) is 0 Å². The second-order valence-electron chi connectivity index (χ2n) is 4.93. The maximum absolute atomic E-state index is 13.0. The van der Waals surface area contributed by atoms with Crippen molar-refractivity contribution in [2.75, 3.05) is 19.8 Å². The molecule has 1 fully saturated rings. The lowest BCUT2D eigenvalue weighted by molar-refractivity contribution is 0.141. The van der Waals surface area contributed by atoms with Gasteiger partial charge in [-0.25, -0.2) is 8.78 Å². The lowest BCUT2D eigenvalue weighted by Gasteiger charge is -2.25. The lowest BCUT2D eigenvalue weighted by Crippen LogP contribution is -2.44. The Balaban J connectivity index is 1.94. The maximum atomic E-state index is 13.0. The first kappa shape index (κ1) is 13.4. The Morgan fingerprint density at radius 3 is 2.83 bits per heavy atom. The summed E-state index contributed by atoms with van der Waals surface area (Å²) < 4.78 is 31.1. The zero-order valence-electron chi connectivity index (χ0n) is 10.2. The fraction of sp³-hybridized carbons (Fsp3) is 0.538. The van der Waals surface area contributed by atoms with Crippen LogP contribution in [0.15, 0.2) is 18.2 Å². The molecule has 1 heterocycles. The smallest absolute Gasteiger partial charge is 0.159 e. The highest BCUT2D eigenvalue weighted by atomic mass is 19.2. The molecule has 2 rings (SSSR count). The Kier molecular flexibility index (Phi) is 3.94. The molecule has 3 nitrogen and oxygen atoms in total. The number of aliphatic hydroxyl groups is 1. The Morgan fingerprint density at radius 2 is 2.22 bits per heavy atom. The van der Waals surface area contributed by atoms with Crippen LogP contribution < -0.4 is 5.32 Å². The Hall–Kier alpha value is -1.04. The van der Waals surface area contributed by atoms with Gasteiger partial charge in [0.05, 0.1) is 12.7 Å². The van der Waals surface area contributed by atoms with E-state index in [9.17, 15) is 13.9 Å². The van der Waals surface area contributed by atoms with E-state index in [4.69, 9.17) is 4.74 Å². The highest BCUT2D eigenvalue weighted by Crippen LogP contribution is 2.20. The molecule has 0 aliphatic carbocycles. The van der Waals surface area contributed by atoms with Crippen molar-refractivity contribution in [1.29, 1.82) is 0 Å². The quantitative estimate of drug-likeness (QED) is 0.863. The summed E-state index contributed by atoms with van der Waals surface area (Å²) in [5, 5.41) is 13.1. The third-order valence-electron chi connectivity index (χ3n) is 3.27. The lowest BCUT2D eigenvalue weighted by atomic mass is 10.0. The molecule has 0 spiro atoms. The predicted molar refractivity (Wildman–Crippen MR) is 63.2 cm³/mol. The first-order valence-corrected chi connectivity index (χ1v) is 5.96. The molecule has 100 valence electrons. The molecule has 2 atom stereocenters. The third-order valence-corrected chi connectivity index (χ3v) is 3.27. The van der Waals surface area contributed by atoms with E-state index in [0.29, 0.717) is 18.8 Å². The first-order valence-electron chi connectivity index (χ1n) is 5.96. The van der Waals surface area contributed by atoms with Gasteiger partial charge in [-0.05, 0) is 31.0 Å². The molecule has 1 aliphatic heterocycles. The van der Waals surface area contributed by atoms with E-state index in [1.807, 2.05) is 6.92 Å². The molecule has 1 saturated heterocycles. The summed E-state index contributed by atoms with van der Waals surface area (Å²) in [7, 11) is 0. The van der Waals surface area contributed by atoms with Crippen LogP contribution in [-0.2, 0) is 4.74 Å². The minimum absolute atomic E-state index is 0.153. The summed E-state index contributed by atoms with van der Waals surface area (Å²) in [6, 6.07) is 3.43. The molecule has 0 saturated carbocycles. The fourth-order valence-electron chi connectivity index (χ4n) is 1.99. The molecule has 18 heavy (non-hydrogen) atoms. The molecule has 1 aromatic carbocycles. The number of β-amino-alcohol motifs (C(OH)–C–C–N with tert-alkyl or cyclic N) is 1. The van der Waals surface area contributed by atoms with E-state index in [0.717, 1.165) is 18.6 Å². The van der Waals surface area contributed by atoms with Gasteiger partial charge in [-0.15, -0.1) is 0 Å². The second kappa shape index (κ2) is 5.30. The second-order valence-corrected chi connectivity index (χ2v) is 4.93. The molecular formula is C13H17F2NO2. The maximum Gasteiger partial charge on any atom is 0.159 e. The Morgan fingerprint density at radius 1 is 1.44 bits per heavy atom. The molecule has 1 aromatic rings. The summed E-state index contributed by atoms with van der Waals surface area (Å²) in [4.78, 5) is 0. The average molecular weight is 257 g/mol. The molecule has 1 aliphatic rings. The van der Waals surface area contributed by atoms with Crippen LogP contribution in [0.2, 0.25) is 0 Å². The zero-order valence-corrected chi connectivity index (χ0v) is 10.2. The van der Waals surface area contributed by atoms with Crippen LogP contribution >= 0.6 is 0 Å². The van der Waals surface area contributed by atoms with E-state index >= 15 is 0 Å². The van der Waals surface area contributed by atoms with Crippen LogP contribution in [0, 0.1) is 11.6 Å². The van der Waals surface area contributed by atoms with Crippen molar-refractivity contribution in [3.05, 3.63) is 35.4 Å². The van der Waals surface area contributed by atoms with Gasteiger partial charge >= 0.3 is 0 Å². The summed E-state index contributed by atoms with van der Waals surface area (Å²) in [6.07, 6.45) is 0.00912. The highest BCUT2D eigenvalue weighted by molar-refractivity contribution is 5.20. The summed E-state index contributed by atoms with van der Waals surface area (Å²) in [6.45, 7) is 3.59. The van der Waals surface area contributed by atoms with E-state index < -0.39 is 17.7 Å². The van der Waals surface area contributed by atoms with E-state index in [-0.39, 0.29) is 12.1 Å². The van der Waals surface area contributed by atoms with Gasteiger partial charge in [0.2, 0.25) is 0 Å². The molecule has 2 unspecified atom stereocenters. The van der Waals surface area contributed by atoms with Crippen molar-refractivity contribution in [2.45, 2.75) is 25.0 Å². The molecule has 0 aromatic heterocycles. The highest BCUT2D eigenvalue weighted by Gasteiger charge is 2.29. The van der Waals surface area contributed by atoms with Crippen molar-refractivity contribution in [3.8, 4) is 0 Å². The molecule has 0 amide bonds. The van der Waals surface area contributed by atoms with Gasteiger partial charge in [-0.1, -0.05) is 6.07 Å². The van der Waals surface area contributed by atoms with Gasteiger partial charge in [-0.3, -0.25) is 0 Å².